The fraction of sp³-hybridized carbons (Fsp3) is 0.562. The SMILES string of the molecule is C[C@H](C(=O)NC1CCCCC1)S(=O)(=O)Cc1ccccc1. The molecule has 1 N–H and O–H groups in total. The van der Waals surface area contributed by atoms with Gasteiger partial charge in [-0.15, -0.1) is 0 Å². The second kappa shape index (κ2) is 7.07. The molecule has 116 valence electrons. The first kappa shape index (κ1) is 16.0. The Morgan fingerprint density at radius 2 is 1.81 bits per heavy atom. The van der Waals surface area contributed by atoms with Crippen LogP contribution >= 0.6 is 0 Å². The number of benzene rings is 1. The molecular weight excluding hydrogens is 286 g/mol. The summed E-state index contributed by atoms with van der Waals surface area (Å²) < 4.78 is 24.6. The van der Waals surface area contributed by atoms with Gasteiger partial charge >= 0.3 is 0 Å². The third-order valence-corrected chi connectivity index (χ3v) is 6.10. The number of rotatable bonds is 5. The molecule has 1 fully saturated rings. The zero-order chi connectivity index (χ0) is 15.3. The van der Waals surface area contributed by atoms with E-state index in [1.54, 1.807) is 24.3 Å². The molecule has 0 saturated heterocycles. The molecule has 0 bridgehead atoms. The molecule has 0 radical (unpaired) electrons. The zero-order valence-electron chi connectivity index (χ0n) is 12.4. The Morgan fingerprint density at radius 3 is 2.43 bits per heavy atom. The maximum absolute atomic E-state index is 12.3. The molecule has 1 aromatic rings. The highest BCUT2D eigenvalue weighted by molar-refractivity contribution is 7.92. The van der Waals surface area contributed by atoms with E-state index < -0.39 is 15.1 Å². The summed E-state index contributed by atoms with van der Waals surface area (Å²) in [4.78, 5) is 12.2. The molecule has 21 heavy (non-hydrogen) atoms. The first-order chi connectivity index (χ1) is 9.99. The number of amides is 1. The molecule has 0 aliphatic heterocycles. The Balaban J connectivity index is 1.96. The number of hydrogen-bond acceptors (Lipinski definition) is 3. The smallest absolute Gasteiger partial charge is 0.238 e. The minimum atomic E-state index is -3.48. The van der Waals surface area contributed by atoms with Crippen LogP contribution in [0.25, 0.3) is 0 Å². The van der Waals surface area contributed by atoms with Crippen molar-refractivity contribution >= 4 is 15.7 Å². The lowest BCUT2D eigenvalue weighted by molar-refractivity contribution is -0.121. The maximum Gasteiger partial charge on any atom is 0.238 e. The Kier molecular flexibility index (Phi) is 5.39. The van der Waals surface area contributed by atoms with Crippen LogP contribution in [0.15, 0.2) is 30.3 Å². The van der Waals surface area contributed by atoms with Gasteiger partial charge < -0.3 is 5.32 Å². The van der Waals surface area contributed by atoms with Crippen molar-refractivity contribution in [3.63, 3.8) is 0 Å². The second-order valence-electron chi connectivity index (χ2n) is 5.78. The van der Waals surface area contributed by atoms with Crippen LogP contribution in [0.3, 0.4) is 0 Å². The summed E-state index contributed by atoms with van der Waals surface area (Å²) in [5, 5.41) is 1.89. The lowest BCUT2D eigenvalue weighted by Crippen LogP contribution is -2.44. The molecule has 1 atom stereocenters. The molecule has 1 amide bonds. The van der Waals surface area contributed by atoms with E-state index in [0.717, 1.165) is 31.2 Å². The van der Waals surface area contributed by atoms with Gasteiger partial charge in [0.15, 0.2) is 9.84 Å². The van der Waals surface area contributed by atoms with Crippen LogP contribution in [0.5, 0.6) is 0 Å². The first-order valence-electron chi connectivity index (χ1n) is 7.55. The Hall–Kier alpha value is -1.36. The van der Waals surface area contributed by atoms with Gasteiger partial charge in [0.1, 0.15) is 5.25 Å². The van der Waals surface area contributed by atoms with Crippen LogP contribution in [0.2, 0.25) is 0 Å². The van der Waals surface area contributed by atoms with Crippen LogP contribution in [-0.4, -0.2) is 25.6 Å². The third-order valence-electron chi connectivity index (χ3n) is 4.07. The molecule has 1 aliphatic carbocycles. The molecule has 0 unspecified atom stereocenters. The second-order valence-corrected chi connectivity index (χ2v) is 8.10. The number of sulfone groups is 1. The van der Waals surface area contributed by atoms with E-state index in [-0.39, 0.29) is 17.7 Å². The monoisotopic (exact) mass is 309 g/mol. The normalized spacial score (nSPS) is 18.1. The summed E-state index contributed by atoms with van der Waals surface area (Å²) in [5.41, 5.74) is 0.717. The first-order valence-corrected chi connectivity index (χ1v) is 9.26. The molecule has 4 nitrogen and oxygen atoms in total. The van der Waals surface area contributed by atoms with Crippen molar-refractivity contribution in [1.29, 1.82) is 0 Å². The Labute approximate surface area is 126 Å². The van der Waals surface area contributed by atoms with Crippen molar-refractivity contribution in [2.45, 2.75) is 56.1 Å². The fourth-order valence-electron chi connectivity index (χ4n) is 2.66. The van der Waals surface area contributed by atoms with Gasteiger partial charge in [0, 0.05) is 6.04 Å². The van der Waals surface area contributed by atoms with E-state index in [1.165, 1.54) is 13.3 Å². The van der Waals surface area contributed by atoms with E-state index in [1.807, 2.05) is 6.07 Å². The standard InChI is InChI=1S/C16H23NO3S/c1-13(16(18)17-15-10-6-3-7-11-15)21(19,20)12-14-8-4-2-5-9-14/h2,4-5,8-9,13,15H,3,6-7,10-12H2,1H3,(H,17,18)/t13-/m1/s1. The van der Waals surface area contributed by atoms with Crippen molar-refractivity contribution in [2.24, 2.45) is 0 Å². The highest BCUT2D eigenvalue weighted by atomic mass is 32.2. The van der Waals surface area contributed by atoms with Crippen LogP contribution in [-0.2, 0) is 20.4 Å². The fourth-order valence-corrected chi connectivity index (χ4v) is 3.96. The summed E-state index contributed by atoms with van der Waals surface area (Å²) in [7, 11) is -3.48. The predicted molar refractivity (Wildman–Crippen MR) is 83.5 cm³/mol. The average Bonchev–Trinajstić information content (AvgIpc) is 2.48. The molecule has 0 aromatic heterocycles. The van der Waals surface area contributed by atoms with Crippen LogP contribution < -0.4 is 5.32 Å². The van der Waals surface area contributed by atoms with Crippen LogP contribution in [0.1, 0.15) is 44.6 Å². The predicted octanol–water partition coefficient (Wildman–Crippen LogP) is 2.44. The molecule has 5 heteroatoms. The quantitative estimate of drug-likeness (QED) is 0.908. The van der Waals surface area contributed by atoms with Crippen molar-refractivity contribution in [3.05, 3.63) is 35.9 Å². The van der Waals surface area contributed by atoms with Crippen LogP contribution in [0, 0.1) is 0 Å². The van der Waals surface area contributed by atoms with Gasteiger partial charge in [0.05, 0.1) is 5.75 Å². The van der Waals surface area contributed by atoms with Gasteiger partial charge in [-0.05, 0) is 25.3 Å². The molecule has 1 aromatic carbocycles. The minimum Gasteiger partial charge on any atom is -0.352 e. The molecule has 1 saturated carbocycles. The van der Waals surface area contributed by atoms with Crippen molar-refractivity contribution < 1.29 is 13.2 Å². The Morgan fingerprint density at radius 1 is 1.19 bits per heavy atom. The number of carbonyl (C=O) groups excluding carboxylic acids is 1. The lowest BCUT2D eigenvalue weighted by Gasteiger charge is -2.24. The average molecular weight is 309 g/mol. The largest absolute Gasteiger partial charge is 0.352 e. The van der Waals surface area contributed by atoms with Crippen molar-refractivity contribution in [2.75, 3.05) is 0 Å². The summed E-state index contributed by atoms with van der Waals surface area (Å²) in [6.45, 7) is 1.48. The van der Waals surface area contributed by atoms with Crippen LogP contribution in [0.4, 0.5) is 0 Å². The highest BCUT2D eigenvalue weighted by Crippen LogP contribution is 2.18. The van der Waals surface area contributed by atoms with E-state index in [9.17, 15) is 13.2 Å². The number of hydrogen-bond donors (Lipinski definition) is 1. The lowest BCUT2D eigenvalue weighted by atomic mass is 9.95. The third kappa shape index (κ3) is 4.56. The van der Waals surface area contributed by atoms with Gasteiger partial charge in [-0.1, -0.05) is 49.6 Å². The summed E-state index contributed by atoms with van der Waals surface area (Å²) in [5.74, 6) is -0.453. The van der Waals surface area contributed by atoms with Gasteiger partial charge in [-0.3, -0.25) is 4.79 Å². The number of carbonyl (C=O) groups is 1. The summed E-state index contributed by atoms with van der Waals surface area (Å²) in [6.07, 6.45) is 5.33. The summed E-state index contributed by atoms with van der Waals surface area (Å²) >= 11 is 0. The van der Waals surface area contributed by atoms with E-state index in [0.29, 0.717) is 0 Å². The molecule has 0 spiro atoms. The van der Waals surface area contributed by atoms with E-state index in [4.69, 9.17) is 0 Å². The molecular formula is C16H23NO3S. The Bertz CT molecular complexity index is 562. The topological polar surface area (TPSA) is 63.2 Å². The van der Waals surface area contributed by atoms with Gasteiger partial charge in [-0.2, -0.15) is 0 Å². The van der Waals surface area contributed by atoms with Crippen molar-refractivity contribution in [1.82, 2.24) is 5.32 Å². The van der Waals surface area contributed by atoms with Gasteiger partial charge in [-0.25, -0.2) is 8.42 Å². The number of nitrogens with one attached hydrogen (secondary N) is 1. The maximum atomic E-state index is 12.3. The van der Waals surface area contributed by atoms with Gasteiger partial charge in [0.25, 0.3) is 0 Å². The summed E-state index contributed by atoms with van der Waals surface area (Å²) in [6, 6.07) is 9.12. The van der Waals surface area contributed by atoms with Gasteiger partial charge in [0.2, 0.25) is 5.91 Å². The molecule has 2 rings (SSSR count). The van der Waals surface area contributed by atoms with E-state index >= 15 is 0 Å². The minimum absolute atomic E-state index is 0.0902. The highest BCUT2D eigenvalue weighted by Gasteiger charge is 2.29. The molecule has 0 heterocycles. The zero-order valence-corrected chi connectivity index (χ0v) is 13.2. The molecule has 1 aliphatic rings. The van der Waals surface area contributed by atoms with E-state index in [2.05, 4.69) is 5.32 Å². The van der Waals surface area contributed by atoms with Crippen molar-refractivity contribution in [3.8, 4) is 0 Å².